The van der Waals surface area contributed by atoms with E-state index < -0.39 is 12.1 Å². The third-order valence-electron chi connectivity index (χ3n) is 4.17. The Kier molecular flexibility index (Phi) is 5.52. The Labute approximate surface area is 135 Å². The lowest BCUT2D eigenvalue weighted by Crippen LogP contribution is -2.37. The first kappa shape index (κ1) is 17.2. The fourth-order valence-electron chi connectivity index (χ4n) is 2.92. The van der Waals surface area contributed by atoms with Crippen molar-refractivity contribution >= 4 is 23.7 Å². The number of ether oxygens (including phenoxy) is 1. The van der Waals surface area contributed by atoms with Crippen molar-refractivity contribution in [1.82, 2.24) is 10.2 Å². The number of hydrogen-bond donors (Lipinski definition) is 1. The summed E-state index contributed by atoms with van der Waals surface area (Å²) in [6.07, 6.45) is 3.98. The van der Waals surface area contributed by atoms with Crippen LogP contribution in [0.3, 0.4) is 0 Å². The van der Waals surface area contributed by atoms with E-state index in [1.165, 1.54) is 6.92 Å². The van der Waals surface area contributed by atoms with Crippen molar-refractivity contribution in [2.24, 2.45) is 11.8 Å². The van der Waals surface area contributed by atoms with E-state index in [4.69, 9.17) is 4.74 Å². The van der Waals surface area contributed by atoms with Crippen LogP contribution in [-0.4, -0.2) is 47.8 Å². The van der Waals surface area contributed by atoms with Crippen LogP contribution in [0.2, 0.25) is 0 Å². The second-order valence-corrected chi connectivity index (χ2v) is 5.76. The van der Waals surface area contributed by atoms with Gasteiger partial charge in [-0.25, -0.2) is 0 Å². The van der Waals surface area contributed by atoms with Crippen molar-refractivity contribution < 1.29 is 23.9 Å². The summed E-state index contributed by atoms with van der Waals surface area (Å²) in [5.41, 5.74) is 0. The van der Waals surface area contributed by atoms with Gasteiger partial charge in [-0.15, -0.1) is 0 Å². The number of amides is 3. The lowest BCUT2D eigenvalue weighted by Gasteiger charge is -2.16. The topological polar surface area (TPSA) is 92.8 Å². The molecule has 1 fully saturated rings. The smallest absolute Gasteiger partial charge is 0.308 e. The van der Waals surface area contributed by atoms with Crippen molar-refractivity contribution in [2.75, 3.05) is 13.1 Å². The van der Waals surface area contributed by atoms with Gasteiger partial charge in [0, 0.05) is 13.1 Å². The van der Waals surface area contributed by atoms with Gasteiger partial charge in [-0.3, -0.25) is 24.1 Å². The van der Waals surface area contributed by atoms with Gasteiger partial charge in [-0.05, 0) is 26.7 Å². The predicted molar refractivity (Wildman–Crippen MR) is 80.9 cm³/mol. The SMILES string of the molecule is CCNC(=O)[C@@H](C)OC(=O)CCN1C(=O)[C@H]2CC=CC[C@@H]2C1=O. The first-order chi connectivity index (χ1) is 11.0. The average Bonchev–Trinajstić information content (AvgIpc) is 2.77. The number of hydrogen-bond acceptors (Lipinski definition) is 5. The summed E-state index contributed by atoms with van der Waals surface area (Å²) in [6.45, 7) is 3.71. The van der Waals surface area contributed by atoms with E-state index in [-0.39, 0.29) is 42.5 Å². The summed E-state index contributed by atoms with van der Waals surface area (Å²) in [5, 5.41) is 2.55. The highest BCUT2D eigenvalue weighted by atomic mass is 16.5. The molecule has 0 aromatic heterocycles. The van der Waals surface area contributed by atoms with Gasteiger partial charge in [0.25, 0.3) is 5.91 Å². The summed E-state index contributed by atoms with van der Waals surface area (Å²) < 4.78 is 5.00. The van der Waals surface area contributed by atoms with Gasteiger partial charge in [0.2, 0.25) is 11.8 Å². The van der Waals surface area contributed by atoms with Crippen molar-refractivity contribution in [3.63, 3.8) is 0 Å². The first-order valence-electron chi connectivity index (χ1n) is 7.93. The van der Waals surface area contributed by atoms with Crippen molar-refractivity contribution in [3.05, 3.63) is 12.2 Å². The van der Waals surface area contributed by atoms with Crippen molar-refractivity contribution in [3.8, 4) is 0 Å². The highest BCUT2D eigenvalue weighted by molar-refractivity contribution is 6.05. The van der Waals surface area contributed by atoms with Crippen molar-refractivity contribution in [2.45, 2.75) is 39.2 Å². The molecule has 0 radical (unpaired) electrons. The van der Waals surface area contributed by atoms with Crippen molar-refractivity contribution in [1.29, 1.82) is 0 Å². The van der Waals surface area contributed by atoms with E-state index in [0.717, 1.165) is 4.90 Å². The van der Waals surface area contributed by atoms with Crippen LogP contribution in [0.15, 0.2) is 12.2 Å². The molecule has 7 nitrogen and oxygen atoms in total. The molecule has 1 saturated heterocycles. The maximum Gasteiger partial charge on any atom is 0.308 e. The Morgan fingerprint density at radius 2 is 1.83 bits per heavy atom. The predicted octanol–water partition coefficient (Wildman–Crippen LogP) is 0.395. The van der Waals surface area contributed by atoms with E-state index in [9.17, 15) is 19.2 Å². The maximum atomic E-state index is 12.2. The average molecular weight is 322 g/mol. The van der Waals surface area contributed by atoms with Crippen LogP contribution in [0.25, 0.3) is 0 Å². The van der Waals surface area contributed by atoms with Crippen LogP contribution in [0.4, 0.5) is 0 Å². The van der Waals surface area contributed by atoms with E-state index in [1.54, 1.807) is 6.92 Å². The van der Waals surface area contributed by atoms with Crippen LogP contribution >= 0.6 is 0 Å². The summed E-state index contributed by atoms with van der Waals surface area (Å²) >= 11 is 0. The lowest BCUT2D eigenvalue weighted by atomic mass is 9.85. The van der Waals surface area contributed by atoms with Crippen LogP contribution in [0.5, 0.6) is 0 Å². The lowest BCUT2D eigenvalue weighted by molar-refractivity contribution is -0.155. The zero-order chi connectivity index (χ0) is 17.0. The van der Waals surface area contributed by atoms with E-state index in [2.05, 4.69) is 5.32 Å². The maximum absolute atomic E-state index is 12.2. The Hall–Kier alpha value is -2.18. The zero-order valence-electron chi connectivity index (χ0n) is 13.4. The second-order valence-electron chi connectivity index (χ2n) is 5.76. The number of esters is 1. The number of carbonyl (C=O) groups is 4. The molecular weight excluding hydrogens is 300 g/mol. The molecule has 0 aromatic carbocycles. The number of likely N-dealkylation sites (N-methyl/N-ethyl adjacent to an activating group) is 1. The molecule has 1 N–H and O–H groups in total. The molecule has 7 heteroatoms. The monoisotopic (exact) mass is 322 g/mol. The van der Waals surface area contributed by atoms with Crippen LogP contribution in [0, 0.1) is 11.8 Å². The minimum atomic E-state index is -0.890. The van der Waals surface area contributed by atoms with E-state index >= 15 is 0 Å². The van der Waals surface area contributed by atoms with E-state index in [0.29, 0.717) is 19.4 Å². The van der Waals surface area contributed by atoms with Gasteiger partial charge in [-0.2, -0.15) is 0 Å². The minimum absolute atomic E-state index is 0.00557. The fourth-order valence-corrected chi connectivity index (χ4v) is 2.92. The number of nitrogens with one attached hydrogen (secondary N) is 1. The first-order valence-corrected chi connectivity index (χ1v) is 7.93. The van der Waals surface area contributed by atoms with Gasteiger partial charge >= 0.3 is 5.97 Å². The number of imide groups is 1. The molecule has 1 heterocycles. The molecule has 1 aliphatic carbocycles. The summed E-state index contributed by atoms with van der Waals surface area (Å²) in [7, 11) is 0. The molecular formula is C16H22N2O5. The molecule has 0 unspecified atom stereocenters. The number of nitrogens with zero attached hydrogens (tertiary/aromatic N) is 1. The standard InChI is InChI=1S/C16H22N2O5/c1-3-17-14(20)10(2)23-13(19)8-9-18-15(21)11-6-4-5-7-12(11)16(18)22/h4-5,10-12H,3,6-9H2,1-2H3,(H,17,20)/t10-,11+,12+/m1/s1. The van der Waals surface area contributed by atoms with Gasteiger partial charge in [0.05, 0.1) is 18.3 Å². The zero-order valence-corrected chi connectivity index (χ0v) is 13.4. The normalized spacial score (nSPS) is 24.3. The highest BCUT2D eigenvalue weighted by Crippen LogP contribution is 2.34. The minimum Gasteiger partial charge on any atom is -0.452 e. The van der Waals surface area contributed by atoms with Crippen LogP contribution in [-0.2, 0) is 23.9 Å². The second kappa shape index (κ2) is 7.39. The molecule has 0 spiro atoms. The number of allylic oxidation sites excluding steroid dienone is 2. The van der Waals surface area contributed by atoms with Gasteiger partial charge in [-0.1, -0.05) is 12.2 Å². The summed E-state index contributed by atoms with van der Waals surface area (Å²) in [5.74, 6) is -1.98. The molecule has 0 saturated carbocycles. The summed E-state index contributed by atoms with van der Waals surface area (Å²) in [6, 6.07) is 0. The molecule has 2 rings (SSSR count). The molecule has 3 amide bonds. The molecule has 126 valence electrons. The van der Waals surface area contributed by atoms with E-state index in [1.807, 2.05) is 12.2 Å². The van der Waals surface area contributed by atoms with Gasteiger partial charge in [0.15, 0.2) is 6.10 Å². The third kappa shape index (κ3) is 3.78. The summed E-state index contributed by atoms with van der Waals surface area (Å²) in [4.78, 5) is 48.9. The number of likely N-dealkylation sites (tertiary alicyclic amines) is 1. The third-order valence-corrected chi connectivity index (χ3v) is 4.17. The fraction of sp³-hybridized carbons (Fsp3) is 0.625. The Bertz CT molecular complexity index is 517. The van der Waals surface area contributed by atoms with Gasteiger partial charge in [0.1, 0.15) is 0 Å². The highest BCUT2D eigenvalue weighted by Gasteiger charge is 2.46. The number of carbonyl (C=O) groups excluding carboxylic acids is 4. The molecule has 3 atom stereocenters. The molecule has 0 bridgehead atoms. The Balaban J connectivity index is 1.84. The van der Waals surface area contributed by atoms with Crippen LogP contribution in [0.1, 0.15) is 33.1 Å². The Morgan fingerprint density at radius 3 is 2.35 bits per heavy atom. The largest absolute Gasteiger partial charge is 0.452 e. The molecule has 2 aliphatic rings. The van der Waals surface area contributed by atoms with Crippen LogP contribution < -0.4 is 5.32 Å². The Morgan fingerprint density at radius 1 is 1.26 bits per heavy atom. The number of fused-ring (bicyclic) bond motifs is 1. The number of rotatable bonds is 6. The quantitative estimate of drug-likeness (QED) is 0.434. The van der Waals surface area contributed by atoms with Gasteiger partial charge < -0.3 is 10.1 Å². The molecule has 0 aromatic rings. The molecule has 23 heavy (non-hydrogen) atoms. The molecule has 1 aliphatic heterocycles.